The highest BCUT2D eigenvalue weighted by atomic mass is 16.5. The van der Waals surface area contributed by atoms with Gasteiger partial charge in [-0.2, -0.15) is 14.9 Å². The Balaban J connectivity index is 0.775. The topological polar surface area (TPSA) is 176 Å². The van der Waals surface area contributed by atoms with Gasteiger partial charge in [-0.15, -0.1) is 0 Å². The van der Waals surface area contributed by atoms with Crippen molar-refractivity contribution in [3.63, 3.8) is 0 Å². The summed E-state index contributed by atoms with van der Waals surface area (Å²) in [7, 11) is 1.73. The van der Waals surface area contributed by atoms with E-state index in [2.05, 4.69) is 30.6 Å². The number of fused-ring (bicyclic) bond motifs is 2. The quantitative estimate of drug-likeness (QED) is 0.111. The number of amides is 3. The number of piperidine rings is 2. The molecule has 8 rings (SSSR count). The normalized spacial score (nSPS) is 16.7. The Morgan fingerprint density at radius 3 is 2.62 bits per heavy atom. The van der Waals surface area contributed by atoms with Crippen LogP contribution in [0.4, 0.5) is 5.82 Å². The number of pyridine rings is 1. The molecule has 16 nitrogen and oxygen atoms in total. The standard InChI is InChI=1S/C42H49N11O5/c1-28-12-14-35(44-26-28)53-36(46-40(55)31-27-45-51-20-8-18-43-39(31)51)25-32(48-53)29-16-21-50(22-17-29)19-4-3-5-23-58-24-7-10-30-9-6-11-33-38(30)49(2)42(57)52(33)34-13-15-37(54)47-41(34)56/h6,8-9,11-12,14,18,20,25-27,29,34H,3-5,7,10,13,15-17,19,21-24H2,1-2H3,(H,46,55)(H,47,54,56). The van der Waals surface area contributed by atoms with Crippen LogP contribution >= 0.6 is 0 Å². The summed E-state index contributed by atoms with van der Waals surface area (Å²) >= 11 is 0. The van der Waals surface area contributed by atoms with Crippen LogP contribution in [-0.2, 0) is 27.8 Å². The SMILES string of the molecule is Cc1ccc(-n2nc(C3CCN(CCCCCOCCCc4cccc5c4n(C)c(=O)n5C4CCC(=O)NC4=O)CC3)cc2NC(=O)c2cnn3cccnc23)nc1. The van der Waals surface area contributed by atoms with Crippen LogP contribution in [0.3, 0.4) is 0 Å². The smallest absolute Gasteiger partial charge is 0.329 e. The van der Waals surface area contributed by atoms with Crippen molar-refractivity contribution < 1.29 is 19.1 Å². The van der Waals surface area contributed by atoms with Crippen LogP contribution < -0.4 is 16.3 Å². The van der Waals surface area contributed by atoms with E-state index in [4.69, 9.17) is 9.84 Å². The molecule has 1 unspecified atom stereocenters. The summed E-state index contributed by atoms with van der Waals surface area (Å²) in [4.78, 5) is 62.3. The number of hydrogen-bond acceptors (Lipinski definition) is 10. The molecule has 2 saturated heterocycles. The molecule has 0 aliphatic carbocycles. The van der Waals surface area contributed by atoms with Crippen molar-refractivity contribution in [3.8, 4) is 5.82 Å². The molecule has 5 aromatic heterocycles. The zero-order valence-corrected chi connectivity index (χ0v) is 33.0. The Labute approximate surface area is 335 Å². The third kappa shape index (κ3) is 8.20. The number of nitrogens with one attached hydrogen (secondary N) is 2. The molecular weight excluding hydrogens is 739 g/mol. The first-order chi connectivity index (χ1) is 28.2. The van der Waals surface area contributed by atoms with E-state index in [1.165, 1.54) is 10.8 Å². The molecule has 0 saturated carbocycles. The van der Waals surface area contributed by atoms with E-state index in [9.17, 15) is 19.2 Å². The van der Waals surface area contributed by atoms with Gasteiger partial charge >= 0.3 is 5.69 Å². The Hall–Kier alpha value is -6.00. The zero-order valence-electron chi connectivity index (χ0n) is 33.0. The molecule has 2 fully saturated rings. The van der Waals surface area contributed by atoms with Crippen molar-refractivity contribution in [2.75, 3.05) is 38.2 Å². The fraction of sp³-hybridized carbons (Fsp3) is 0.429. The zero-order chi connectivity index (χ0) is 40.2. The number of anilines is 1. The van der Waals surface area contributed by atoms with Gasteiger partial charge in [0.15, 0.2) is 11.5 Å². The van der Waals surface area contributed by atoms with Gasteiger partial charge in [-0.05, 0) is 107 Å². The maximum atomic E-state index is 13.4. The summed E-state index contributed by atoms with van der Waals surface area (Å²) in [5.74, 6) is 0.428. The molecule has 0 spiro atoms. The number of imide groups is 1. The van der Waals surface area contributed by atoms with Gasteiger partial charge < -0.3 is 15.0 Å². The Kier molecular flexibility index (Phi) is 11.5. The third-order valence-corrected chi connectivity index (χ3v) is 11.3. The lowest BCUT2D eigenvalue weighted by atomic mass is 9.93. The average molecular weight is 788 g/mol. The van der Waals surface area contributed by atoms with Crippen LogP contribution in [0.25, 0.3) is 22.5 Å². The van der Waals surface area contributed by atoms with E-state index in [0.29, 0.717) is 48.0 Å². The summed E-state index contributed by atoms with van der Waals surface area (Å²) in [5, 5.41) is 14.7. The van der Waals surface area contributed by atoms with Crippen molar-refractivity contribution in [1.29, 1.82) is 0 Å². The first-order valence-corrected chi connectivity index (χ1v) is 20.2. The number of imidazole rings is 1. The van der Waals surface area contributed by atoms with E-state index in [-0.39, 0.29) is 29.8 Å². The summed E-state index contributed by atoms with van der Waals surface area (Å²) in [6.07, 6.45) is 14.0. The van der Waals surface area contributed by atoms with Crippen LogP contribution in [0.5, 0.6) is 0 Å². The van der Waals surface area contributed by atoms with Crippen LogP contribution in [0, 0.1) is 6.92 Å². The minimum Gasteiger partial charge on any atom is -0.381 e. The monoisotopic (exact) mass is 787 g/mol. The molecule has 7 heterocycles. The molecule has 0 bridgehead atoms. The molecule has 0 radical (unpaired) electrons. The number of rotatable bonds is 15. The molecule has 2 aliphatic rings. The first-order valence-electron chi connectivity index (χ1n) is 20.2. The second-order valence-corrected chi connectivity index (χ2v) is 15.3. The summed E-state index contributed by atoms with van der Waals surface area (Å²) in [6.45, 7) is 6.35. The highest BCUT2D eigenvalue weighted by molar-refractivity contribution is 6.08. The van der Waals surface area contributed by atoms with Gasteiger partial charge in [-0.25, -0.2) is 19.3 Å². The Morgan fingerprint density at radius 2 is 1.81 bits per heavy atom. The van der Waals surface area contributed by atoms with Crippen molar-refractivity contribution in [2.45, 2.75) is 76.7 Å². The number of carbonyl (C=O) groups is 3. The molecule has 1 atom stereocenters. The average Bonchev–Trinajstić information content (AvgIpc) is 3.92. The minimum absolute atomic E-state index is 0.216. The molecule has 2 aliphatic heterocycles. The number of para-hydroxylation sites is 1. The van der Waals surface area contributed by atoms with Gasteiger partial charge in [0.25, 0.3) is 5.91 Å². The lowest BCUT2D eigenvalue weighted by molar-refractivity contribution is -0.135. The number of unbranched alkanes of at least 4 members (excludes halogenated alkanes) is 2. The summed E-state index contributed by atoms with van der Waals surface area (Å²) in [6, 6.07) is 12.8. The lowest BCUT2D eigenvalue weighted by Gasteiger charge is -2.31. The summed E-state index contributed by atoms with van der Waals surface area (Å²) in [5.41, 5.74) is 5.17. The molecule has 2 N–H and O–H groups in total. The predicted molar refractivity (Wildman–Crippen MR) is 217 cm³/mol. The lowest BCUT2D eigenvalue weighted by Crippen LogP contribution is -2.44. The maximum absolute atomic E-state index is 13.4. The van der Waals surface area contributed by atoms with Gasteiger partial charge in [0.05, 0.1) is 22.9 Å². The van der Waals surface area contributed by atoms with Crippen LogP contribution in [0.15, 0.2) is 72.0 Å². The van der Waals surface area contributed by atoms with Crippen LogP contribution in [0.2, 0.25) is 0 Å². The van der Waals surface area contributed by atoms with Crippen molar-refractivity contribution >= 4 is 40.2 Å². The van der Waals surface area contributed by atoms with Gasteiger partial charge in [0.1, 0.15) is 17.4 Å². The van der Waals surface area contributed by atoms with Gasteiger partial charge in [-0.3, -0.25) is 28.8 Å². The number of ether oxygens (including phenoxy) is 1. The number of aryl methyl sites for hydroxylation is 3. The highest BCUT2D eigenvalue weighted by Crippen LogP contribution is 2.31. The molecule has 16 heteroatoms. The molecule has 1 aromatic carbocycles. The number of aromatic nitrogens is 8. The fourth-order valence-corrected chi connectivity index (χ4v) is 8.21. The number of hydrogen-bond donors (Lipinski definition) is 2. The molecule has 3 amide bonds. The van der Waals surface area contributed by atoms with Gasteiger partial charge in [0, 0.05) is 57.3 Å². The number of benzene rings is 1. The van der Waals surface area contributed by atoms with Crippen molar-refractivity contribution in [1.82, 2.24) is 48.7 Å². The maximum Gasteiger partial charge on any atom is 0.329 e. The predicted octanol–water partition coefficient (Wildman–Crippen LogP) is 4.50. The molecular formula is C42H49N11O5. The third-order valence-electron chi connectivity index (χ3n) is 11.3. The number of nitrogens with zero attached hydrogens (tertiary/aromatic N) is 9. The second kappa shape index (κ2) is 17.2. The van der Waals surface area contributed by atoms with Crippen molar-refractivity contribution in [3.05, 3.63) is 100 Å². The van der Waals surface area contributed by atoms with Crippen molar-refractivity contribution in [2.24, 2.45) is 7.05 Å². The van der Waals surface area contributed by atoms with E-state index < -0.39 is 11.9 Å². The fourth-order valence-electron chi connectivity index (χ4n) is 8.21. The second-order valence-electron chi connectivity index (χ2n) is 15.3. The number of likely N-dealkylation sites (tertiary alicyclic amines) is 1. The van der Waals surface area contributed by atoms with E-state index in [1.54, 1.807) is 45.5 Å². The molecule has 6 aromatic rings. The van der Waals surface area contributed by atoms with Gasteiger partial charge in [0.2, 0.25) is 11.8 Å². The largest absolute Gasteiger partial charge is 0.381 e. The van der Waals surface area contributed by atoms with E-state index >= 15 is 0 Å². The highest BCUT2D eigenvalue weighted by Gasteiger charge is 2.32. The Morgan fingerprint density at radius 1 is 0.966 bits per heavy atom. The Bertz CT molecular complexity index is 2490. The van der Waals surface area contributed by atoms with E-state index in [1.807, 2.05) is 43.3 Å². The van der Waals surface area contributed by atoms with E-state index in [0.717, 1.165) is 86.9 Å². The van der Waals surface area contributed by atoms with Crippen LogP contribution in [-0.4, -0.2) is 94.0 Å². The minimum atomic E-state index is -0.692. The molecule has 302 valence electrons. The summed E-state index contributed by atoms with van der Waals surface area (Å²) < 4.78 is 12.4. The van der Waals surface area contributed by atoms with Crippen LogP contribution in [0.1, 0.15) is 90.5 Å². The molecule has 58 heavy (non-hydrogen) atoms. The first kappa shape index (κ1) is 38.9. The number of carbonyl (C=O) groups excluding carboxylic acids is 3. The van der Waals surface area contributed by atoms with Gasteiger partial charge in [-0.1, -0.05) is 18.2 Å².